The van der Waals surface area contributed by atoms with Crippen molar-refractivity contribution in [3.8, 4) is 0 Å². The average molecular weight is 291 g/mol. The molecular formula is C17H29N3O. The molecule has 21 heavy (non-hydrogen) atoms. The molecular weight excluding hydrogens is 262 g/mol. The standard InChI is InChI=1S/C17H29N3O/c1-5-14(4)19-17(21)18-12-15-10-8-9-11-16(15)13-20(6-2)7-3/h8-11,14H,5-7,12-13H2,1-4H3,(H2,18,19,21). The van der Waals surface area contributed by atoms with Crippen LogP contribution in [0.25, 0.3) is 0 Å². The minimum atomic E-state index is -0.0954. The Labute approximate surface area is 128 Å². The Morgan fingerprint density at radius 2 is 1.76 bits per heavy atom. The number of carbonyl (C=O) groups excluding carboxylic acids is 1. The molecule has 0 aliphatic rings. The van der Waals surface area contributed by atoms with Crippen LogP contribution in [0.1, 0.15) is 45.2 Å². The van der Waals surface area contributed by atoms with Crippen LogP contribution in [0.15, 0.2) is 24.3 Å². The summed E-state index contributed by atoms with van der Waals surface area (Å²) in [5, 5.41) is 5.87. The molecule has 0 radical (unpaired) electrons. The number of carbonyl (C=O) groups is 1. The second-order valence-corrected chi connectivity index (χ2v) is 5.37. The third kappa shape index (κ3) is 6.17. The second kappa shape index (κ2) is 9.40. The number of hydrogen-bond acceptors (Lipinski definition) is 2. The molecule has 0 aliphatic heterocycles. The lowest BCUT2D eigenvalue weighted by atomic mass is 10.1. The first-order valence-electron chi connectivity index (χ1n) is 7.94. The lowest BCUT2D eigenvalue weighted by Gasteiger charge is -2.20. The van der Waals surface area contributed by atoms with Gasteiger partial charge in [-0.15, -0.1) is 0 Å². The molecule has 4 nitrogen and oxygen atoms in total. The minimum Gasteiger partial charge on any atom is -0.336 e. The fourth-order valence-electron chi connectivity index (χ4n) is 2.12. The van der Waals surface area contributed by atoms with Gasteiger partial charge in [0.2, 0.25) is 0 Å². The average Bonchev–Trinajstić information content (AvgIpc) is 2.51. The minimum absolute atomic E-state index is 0.0954. The molecule has 0 fully saturated rings. The zero-order chi connectivity index (χ0) is 15.7. The van der Waals surface area contributed by atoms with Gasteiger partial charge in [-0.3, -0.25) is 4.90 Å². The highest BCUT2D eigenvalue weighted by Gasteiger charge is 2.08. The van der Waals surface area contributed by atoms with Gasteiger partial charge in [-0.25, -0.2) is 4.79 Å². The Bertz CT molecular complexity index is 430. The van der Waals surface area contributed by atoms with Crippen molar-refractivity contribution in [3.05, 3.63) is 35.4 Å². The molecule has 1 rings (SSSR count). The van der Waals surface area contributed by atoms with Crippen molar-refractivity contribution >= 4 is 6.03 Å². The van der Waals surface area contributed by atoms with Crippen molar-refractivity contribution in [1.82, 2.24) is 15.5 Å². The number of urea groups is 1. The van der Waals surface area contributed by atoms with E-state index in [4.69, 9.17) is 0 Å². The van der Waals surface area contributed by atoms with Gasteiger partial charge in [-0.05, 0) is 37.6 Å². The van der Waals surface area contributed by atoms with Gasteiger partial charge in [0, 0.05) is 19.1 Å². The molecule has 0 aromatic heterocycles. The molecule has 1 unspecified atom stereocenters. The van der Waals surface area contributed by atoms with Gasteiger partial charge in [0.1, 0.15) is 0 Å². The SMILES string of the molecule is CCC(C)NC(=O)NCc1ccccc1CN(CC)CC. The maximum Gasteiger partial charge on any atom is 0.315 e. The maximum absolute atomic E-state index is 11.8. The third-order valence-electron chi connectivity index (χ3n) is 3.84. The molecule has 0 heterocycles. The largest absolute Gasteiger partial charge is 0.336 e. The van der Waals surface area contributed by atoms with E-state index in [1.165, 1.54) is 11.1 Å². The number of rotatable bonds is 8. The Kier molecular flexibility index (Phi) is 7.83. The molecule has 118 valence electrons. The number of hydrogen-bond donors (Lipinski definition) is 2. The summed E-state index contributed by atoms with van der Waals surface area (Å²) in [5.41, 5.74) is 2.47. The van der Waals surface area contributed by atoms with Crippen LogP contribution in [0.5, 0.6) is 0 Å². The van der Waals surface area contributed by atoms with Gasteiger partial charge in [0.15, 0.2) is 0 Å². The van der Waals surface area contributed by atoms with Crippen molar-refractivity contribution in [1.29, 1.82) is 0 Å². The van der Waals surface area contributed by atoms with E-state index in [1.54, 1.807) is 0 Å². The summed E-state index contributed by atoms with van der Waals surface area (Å²) in [4.78, 5) is 14.2. The van der Waals surface area contributed by atoms with Gasteiger partial charge >= 0.3 is 6.03 Å². The van der Waals surface area contributed by atoms with E-state index in [2.05, 4.69) is 54.5 Å². The molecule has 0 bridgehead atoms. The van der Waals surface area contributed by atoms with Crippen LogP contribution in [-0.4, -0.2) is 30.1 Å². The van der Waals surface area contributed by atoms with Gasteiger partial charge in [0.25, 0.3) is 0 Å². The van der Waals surface area contributed by atoms with E-state index in [1.807, 2.05) is 13.0 Å². The Balaban J connectivity index is 2.60. The molecule has 1 atom stereocenters. The topological polar surface area (TPSA) is 44.4 Å². The predicted molar refractivity (Wildman–Crippen MR) is 88.2 cm³/mol. The zero-order valence-electron chi connectivity index (χ0n) is 13.8. The van der Waals surface area contributed by atoms with Crippen LogP contribution in [0, 0.1) is 0 Å². The first kappa shape index (κ1) is 17.5. The fraction of sp³-hybridized carbons (Fsp3) is 0.588. The normalized spacial score (nSPS) is 12.2. The smallest absolute Gasteiger partial charge is 0.315 e. The van der Waals surface area contributed by atoms with Crippen molar-refractivity contribution in [3.63, 3.8) is 0 Å². The number of benzene rings is 1. The fourth-order valence-corrected chi connectivity index (χ4v) is 2.12. The van der Waals surface area contributed by atoms with Crippen LogP contribution in [0.4, 0.5) is 4.79 Å². The highest BCUT2D eigenvalue weighted by molar-refractivity contribution is 5.74. The second-order valence-electron chi connectivity index (χ2n) is 5.37. The van der Waals surface area contributed by atoms with E-state index < -0.39 is 0 Å². The predicted octanol–water partition coefficient (Wildman–Crippen LogP) is 3.13. The van der Waals surface area contributed by atoms with Crippen molar-refractivity contribution in [2.75, 3.05) is 13.1 Å². The Hall–Kier alpha value is -1.55. The molecule has 2 amide bonds. The van der Waals surface area contributed by atoms with E-state index in [9.17, 15) is 4.79 Å². The summed E-state index contributed by atoms with van der Waals surface area (Å²) < 4.78 is 0. The van der Waals surface area contributed by atoms with Gasteiger partial charge < -0.3 is 10.6 Å². The molecule has 4 heteroatoms. The van der Waals surface area contributed by atoms with Crippen LogP contribution in [-0.2, 0) is 13.1 Å². The third-order valence-corrected chi connectivity index (χ3v) is 3.84. The van der Waals surface area contributed by atoms with Gasteiger partial charge in [0.05, 0.1) is 0 Å². The van der Waals surface area contributed by atoms with Crippen molar-refractivity contribution < 1.29 is 4.79 Å². The summed E-state index contributed by atoms with van der Waals surface area (Å²) in [5.74, 6) is 0. The number of amides is 2. The first-order chi connectivity index (χ1) is 10.1. The quantitative estimate of drug-likeness (QED) is 0.773. The first-order valence-corrected chi connectivity index (χ1v) is 7.94. The van der Waals surface area contributed by atoms with Crippen molar-refractivity contribution in [2.24, 2.45) is 0 Å². The summed E-state index contributed by atoms with van der Waals surface area (Å²) in [6.07, 6.45) is 0.936. The zero-order valence-corrected chi connectivity index (χ0v) is 13.8. The van der Waals surface area contributed by atoms with E-state index in [-0.39, 0.29) is 12.1 Å². The summed E-state index contributed by atoms with van der Waals surface area (Å²) in [6, 6.07) is 8.42. The lowest BCUT2D eigenvalue weighted by Crippen LogP contribution is -2.40. The monoisotopic (exact) mass is 291 g/mol. The van der Waals surface area contributed by atoms with E-state index >= 15 is 0 Å². The summed E-state index contributed by atoms with van der Waals surface area (Å²) in [6.45, 7) is 12.0. The highest BCUT2D eigenvalue weighted by Crippen LogP contribution is 2.11. The molecule has 1 aromatic rings. The maximum atomic E-state index is 11.8. The van der Waals surface area contributed by atoms with E-state index in [0.717, 1.165) is 26.1 Å². The molecule has 0 spiro atoms. The Morgan fingerprint density at radius 3 is 2.33 bits per heavy atom. The van der Waals surface area contributed by atoms with Crippen LogP contribution < -0.4 is 10.6 Å². The number of nitrogens with zero attached hydrogens (tertiary/aromatic N) is 1. The van der Waals surface area contributed by atoms with Gasteiger partial charge in [-0.2, -0.15) is 0 Å². The van der Waals surface area contributed by atoms with Gasteiger partial charge in [-0.1, -0.05) is 45.0 Å². The number of nitrogens with one attached hydrogen (secondary N) is 2. The van der Waals surface area contributed by atoms with Crippen molar-refractivity contribution in [2.45, 2.75) is 53.2 Å². The Morgan fingerprint density at radius 1 is 1.14 bits per heavy atom. The molecule has 0 saturated heterocycles. The highest BCUT2D eigenvalue weighted by atomic mass is 16.2. The van der Waals surface area contributed by atoms with Crippen LogP contribution in [0.2, 0.25) is 0 Å². The lowest BCUT2D eigenvalue weighted by molar-refractivity contribution is 0.237. The van der Waals surface area contributed by atoms with E-state index in [0.29, 0.717) is 6.54 Å². The molecule has 0 aliphatic carbocycles. The molecule has 2 N–H and O–H groups in total. The van der Waals surface area contributed by atoms with Crippen LogP contribution in [0.3, 0.4) is 0 Å². The molecule has 0 saturated carbocycles. The summed E-state index contributed by atoms with van der Waals surface area (Å²) in [7, 11) is 0. The summed E-state index contributed by atoms with van der Waals surface area (Å²) >= 11 is 0. The van der Waals surface area contributed by atoms with Crippen LogP contribution >= 0.6 is 0 Å². The molecule has 1 aromatic carbocycles.